The smallest absolute Gasteiger partial charge is 0.372 e. The molecule has 0 spiro atoms. The highest BCUT2D eigenvalue weighted by molar-refractivity contribution is 6.64. The Morgan fingerprint density at radius 2 is 1.55 bits per heavy atom. The molecule has 0 N–H and O–H groups in total. The molecule has 1 saturated heterocycles. The molecule has 0 aromatic heterocycles. The van der Waals surface area contributed by atoms with E-state index in [1.165, 1.54) is 0 Å². The van der Waals surface area contributed by atoms with Crippen molar-refractivity contribution >= 4 is 8.80 Å². The Balaban J connectivity index is 2.90. The highest BCUT2D eigenvalue weighted by Gasteiger charge is 2.59. The molecule has 0 aromatic carbocycles. The van der Waals surface area contributed by atoms with E-state index in [0.29, 0.717) is 26.4 Å². The summed E-state index contributed by atoms with van der Waals surface area (Å²) in [4.78, 5) is 0. The third-order valence-corrected chi connectivity index (χ3v) is 7.06. The van der Waals surface area contributed by atoms with E-state index in [2.05, 4.69) is 13.8 Å². The van der Waals surface area contributed by atoms with Crippen molar-refractivity contribution in [3.63, 3.8) is 0 Å². The van der Waals surface area contributed by atoms with E-state index in [1.54, 1.807) is 0 Å². The van der Waals surface area contributed by atoms with Gasteiger partial charge in [0.05, 0.1) is 13.2 Å². The van der Waals surface area contributed by atoms with Crippen LogP contribution in [0.4, 0.5) is 0 Å². The summed E-state index contributed by atoms with van der Waals surface area (Å²) in [5.41, 5.74) is 0. The van der Waals surface area contributed by atoms with Gasteiger partial charge >= 0.3 is 8.80 Å². The van der Waals surface area contributed by atoms with Gasteiger partial charge in [-0.25, -0.2) is 0 Å². The van der Waals surface area contributed by atoms with Crippen LogP contribution in [0.25, 0.3) is 0 Å². The minimum absolute atomic E-state index is 0.225. The Morgan fingerprint density at radius 3 is 1.90 bits per heavy atom. The molecule has 5 nitrogen and oxygen atoms in total. The van der Waals surface area contributed by atoms with Crippen molar-refractivity contribution < 1.29 is 22.8 Å². The van der Waals surface area contributed by atoms with Gasteiger partial charge < -0.3 is 22.8 Å². The lowest BCUT2D eigenvalue weighted by atomic mass is 10.2. The van der Waals surface area contributed by atoms with Crippen molar-refractivity contribution in [2.75, 3.05) is 33.0 Å². The molecule has 0 aromatic rings. The molecule has 0 amide bonds. The van der Waals surface area contributed by atoms with E-state index >= 15 is 0 Å². The molecule has 2 atom stereocenters. The molecule has 0 aliphatic carbocycles. The van der Waals surface area contributed by atoms with Crippen molar-refractivity contribution in [2.45, 2.75) is 58.8 Å². The molecule has 1 rings (SSSR count). The Bertz CT molecular complexity index is 255. The first-order valence-electron chi connectivity index (χ1n) is 7.74. The van der Waals surface area contributed by atoms with Gasteiger partial charge in [0.25, 0.3) is 0 Å². The average Bonchev–Trinajstić information content (AvgIpc) is 3.21. The van der Waals surface area contributed by atoms with E-state index < -0.39 is 14.0 Å². The number of hydrogen-bond donors (Lipinski definition) is 0. The quantitative estimate of drug-likeness (QED) is 0.410. The van der Waals surface area contributed by atoms with Crippen molar-refractivity contribution in [2.24, 2.45) is 0 Å². The van der Waals surface area contributed by atoms with Crippen LogP contribution < -0.4 is 0 Å². The standard InChI is InChI=1S/C14H30O5Si/c1-6-10-14(5,16-12-13-11-15-13)20(17-7-2,18-8-3)19-9-4/h13H,6-12H2,1-5H3. The summed E-state index contributed by atoms with van der Waals surface area (Å²) in [5, 5.41) is -0.518. The molecular formula is C14H30O5Si. The molecule has 120 valence electrons. The highest BCUT2D eigenvalue weighted by Crippen LogP contribution is 2.33. The molecule has 1 aliphatic heterocycles. The van der Waals surface area contributed by atoms with Gasteiger partial charge in [0.1, 0.15) is 11.3 Å². The minimum Gasteiger partial charge on any atom is -0.372 e. The molecule has 6 heteroatoms. The van der Waals surface area contributed by atoms with Gasteiger partial charge in [0.2, 0.25) is 0 Å². The van der Waals surface area contributed by atoms with Gasteiger partial charge in [-0.1, -0.05) is 13.3 Å². The number of hydrogen-bond acceptors (Lipinski definition) is 5. The normalized spacial score (nSPS) is 21.8. The summed E-state index contributed by atoms with van der Waals surface area (Å²) in [6.07, 6.45) is 2.07. The van der Waals surface area contributed by atoms with Crippen LogP contribution in [0.1, 0.15) is 47.5 Å². The summed E-state index contributed by atoms with van der Waals surface area (Å²) < 4.78 is 29.4. The van der Waals surface area contributed by atoms with Gasteiger partial charge in [0, 0.05) is 19.8 Å². The maximum atomic E-state index is 6.18. The highest BCUT2D eigenvalue weighted by atomic mass is 28.4. The van der Waals surface area contributed by atoms with E-state index in [4.69, 9.17) is 22.8 Å². The van der Waals surface area contributed by atoms with Crippen LogP contribution in [-0.2, 0) is 22.8 Å². The van der Waals surface area contributed by atoms with Crippen molar-refractivity contribution in [1.82, 2.24) is 0 Å². The first kappa shape index (κ1) is 18.1. The van der Waals surface area contributed by atoms with Gasteiger partial charge in [-0.3, -0.25) is 0 Å². The average molecular weight is 306 g/mol. The monoisotopic (exact) mass is 306 g/mol. The first-order valence-corrected chi connectivity index (χ1v) is 9.47. The molecule has 1 heterocycles. The fourth-order valence-electron chi connectivity index (χ4n) is 2.38. The van der Waals surface area contributed by atoms with Crippen molar-refractivity contribution in [3.05, 3.63) is 0 Å². The first-order chi connectivity index (χ1) is 9.57. The maximum absolute atomic E-state index is 6.18. The summed E-state index contributed by atoms with van der Waals surface area (Å²) >= 11 is 0. The molecule has 20 heavy (non-hydrogen) atoms. The molecule has 1 aliphatic rings. The topological polar surface area (TPSA) is 49.5 Å². The van der Waals surface area contributed by atoms with Crippen LogP contribution in [0.3, 0.4) is 0 Å². The second kappa shape index (κ2) is 8.46. The van der Waals surface area contributed by atoms with Crippen LogP contribution >= 0.6 is 0 Å². The predicted octanol–water partition coefficient (Wildman–Crippen LogP) is 2.55. The van der Waals surface area contributed by atoms with Crippen LogP contribution in [0, 0.1) is 0 Å². The SMILES string of the molecule is CCCC(C)(OCC1CO1)[Si](OCC)(OCC)OCC. The molecule has 2 unspecified atom stereocenters. The maximum Gasteiger partial charge on any atom is 0.534 e. The largest absolute Gasteiger partial charge is 0.534 e. The zero-order chi connectivity index (χ0) is 15.1. The zero-order valence-electron chi connectivity index (χ0n) is 13.6. The van der Waals surface area contributed by atoms with Crippen molar-refractivity contribution in [1.29, 1.82) is 0 Å². The van der Waals surface area contributed by atoms with E-state index in [1.807, 2.05) is 20.8 Å². The van der Waals surface area contributed by atoms with Gasteiger partial charge in [-0.2, -0.15) is 0 Å². The molecule has 0 radical (unpaired) electrons. The third-order valence-electron chi connectivity index (χ3n) is 3.37. The van der Waals surface area contributed by atoms with Crippen LogP contribution in [-0.4, -0.2) is 53.2 Å². The van der Waals surface area contributed by atoms with E-state index in [-0.39, 0.29) is 6.10 Å². The molecule has 0 bridgehead atoms. The Labute approximate surface area is 124 Å². The lowest BCUT2D eigenvalue weighted by Gasteiger charge is -2.42. The van der Waals surface area contributed by atoms with E-state index in [0.717, 1.165) is 19.4 Å². The van der Waals surface area contributed by atoms with Gasteiger partial charge in [0.15, 0.2) is 0 Å². The molecular weight excluding hydrogens is 276 g/mol. The summed E-state index contributed by atoms with van der Waals surface area (Å²) in [6, 6.07) is 0. The second-order valence-corrected chi connectivity index (χ2v) is 8.14. The minimum atomic E-state index is -2.89. The van der Waals surface area contributed by atoms with Crippen LogP contribution in [0.5, 0.6) is 0 Å². The lowest BCUT2D eigenvalue weighted by Crippen LogP contribution is -2.65. The Morgan fingerprint density at radius 1 is 1.05 bits per heavy atom. The third kappa shape index (κ3) is 4.51. The summed E-state index contributed by atoms with van der Waals surface area (Å²) in [6.45, 7) is 13.2. The van der Waals surface area contributed by atoms with Gasteiger partial charge in [-0.15, -0.1) is 0 Å². The van der Waals surface area contributed by atoms with Crippen LogP contribution in [0.2, 0.25) is 0 Å². The fraction of sp³-hybridized carbons (Fsp3) is 1.00. The van der Waals surface area contributed by atoms with Gasteiger partial charge in [-0.05, 0) is 34.1 Å². The predicted molar refractivity (Wildman–Crippen MR) is 79.6 cm³/mol. The van der Waals surface area contributed by atoms with Crippen LogP contribution in [0.15, 0.2) is 0 Å². The Hall–Kier alpha value is 0.0169. The molecule has 0 saturated carbocycles. The number of rotatable bonds is 12. The number of epoxide rings is 1. The summed E-state index contributed by atoms with van der Waals surface area (Å²) in [5.74, 6) is 0. The zero-order valence-corrected chi connectivity index (χ0v) is 14.6. The van der Waals surface area contributed by atoms with E-state index in [9.17, 15) is 0 Å². The molecule has 1 fully saturated rings. The number of ether oxygens (including phenoxy) is 2. The Kier molecular flexibility index (Phi) is 7.64. The van der Waals surface area contributed by atoms with Crippen molar-refractivity contribution in [3.8, 4) is 0 Å². The lowest BCUT2D eigenvalue weighted by molar-refractivity contribution is -0.0698. The summed E-state index contributed by atoms with van der Waals surface area (Å²) in [7, 11) is -2.89. The second-order valence-electron chi connectivity index (χ2n) is 5.10. The fourth-order valence-corrected chi connectivity index (χ4v) is 5.51.